The quantitative estimate of drug-likeness (QED) is 0.636. The van der Waals surface area contributed by atoms with Crippen LogP contribution < -0.4 is 5.32 Å². The summed E-state index contributed by atoms with van der Waals surface area (Å²) in [6, 6.07) is -1.06. The number of carboxylic acid groups (broad SMARTS) is 1. The molecular weight excluding hydrogens is 284 g/mol. The molecule has 0 saturated carbocycles. The lowest BCUT2D eigenvalue weighted by molar-refractivity contribution is -0.142. The summed E-state index contributed by atoms with van der Waals surface area (Å²) >= 11 is 0. The number of rotatable bonds is 9. The Morgan fingerprint density at radius 2 is 1.70 bits per heavy atom. The first-order valence-corrected chi connectivity index (χ1v) is 8.24. The summed E-state index contributed by atoms with van der Waals surface area (Å²) < 4.78 is 25.0. The van der Waals surface area contributed by atoms with E-state index >= 15 is 0 Å². The Morgan fingerprint density at radius 3 is 2.05 bits per heavy atom. The van der Waals surface area contributed by atoms with Gasteiger partial charge in [-0.3, -0.25) is 4.79 Å². The van der Waals surface area contributed by atoms with Gasteiger partial charge in [-0.1, -0.05) is 27.7 Å². The third-order valence-electron chi connectivity index (χ3n) is 2.75. The van der Waals surface area contributed by atoms with Crippen LogP contribution in [0.15, 0.2) is 0 Å². The minimum Gasteiger partial charge on any atom is -0.480 e. The Hall–Kier alpha value is -1.15. The summed E-state index contributed by atoms with van der Waals surface area (Å²) in [6.45, 7) is 7.57. The van der Waals surface area contributed by atoms with Gasteiger partial charge in [-0.2, -0.15) is 0 Å². The molecule has 1 unspecified atom stereocenters. The molecule has 118 valence electrons. The second-order valence-corrected chi connectivity index (χ2v) is 6.90. The summed E-state index contributed by atoms with van der Waals surface area (Å²) in [5.74, 6) is -2.59. The van der Waals surface area contributed by atoms with E-state index in [1.807, 2.05) is 13.8 Å². The number of sulfonamides is 1. The molecule has 0 aliphatic carbocycles. The summed E-state index contributed by atoms with van der Waals surface area (Å²) in [4.78, 5) is 22.7. The number of nitrogens with one attached hydrogen (secondary N) is 1. The van der Waals surface area contributed by atoms with E-state index in [1.165, 1.54) is 4.31 Å². The minimum absolute atomic E-state index is 0.0794. The van der Waals surface area contributed by atoms with Crippen LogP contribution in [0.5, 0.6) is 0 Å². The molecule has 7 nitrogen and oxygen atoms in total. The highest BCUT2D eigenvalue weighted by atomic mass is 32.2. The Labute approximate surface area is 120 Å². The van der Waals surface area contributed by atoms with Gasteiger partial charge in [0, 0.05) is 13.1 Å². The topological polar surface area (TPSA) is 104 Å². The zero-order valence-corrected chi connectivity index (χ0v) is 13.2. The molecule has 0 aromatic rings. The Kier molecular flexibility index (Phi) is 7.74. The molecule has 0 bridgehead atoms. The maximum atomic E-state index is 11.9. The average Bonchev–Trinajstić information content (AvgIpc) is 2.27. The maximum Gasteiger partial charge on any atom is 0.326 e. The van der Waals surface area contributed by atoms with E-state index in [4.69, 9.17) is 5.11 Å². The van der Waals surface area contributed by atoms with Crippen molar-refractivity contribution in [1.82, 2.24) is 9.62 Å². The summed E-state index contributed by atoms with van der Waals surface area (Å²) in [7, 11) is -3.69. The monoisotopic (exact) mass is 308 g/mol. The zero-order chi connectivity index (χ0) is 15.9. The van der Waals surface area contributed by atoms with Gasteiger partial charge in [-0.25, -0.2) is 17.5 Å². The average molecular weight is 308 g/mol. The Balaban J connectivity index is 4.72. The molecule has 0 aliphatic heterocycles. The lowest BCUT2D eigenvalue weighted by Crippen LogP contribution is -2.46. The molecule has 0 radical (unpaired) electrons. The van der Waals surface area contributed by atoms with Gasteiger partial charge >= 0.3 is 5.97 Å². The van der Waals surface area contributed by atoms with E-state index in [9.17, 15) is 18.0 Å². The maximum absolute atomic E-state index is 11.9. The van der Waals surface area contributed by atoms with Gasteiger partial charge in [0.25, 0.3) is 0 Å². The van der Waals surface area contributed by atoms with Crippen LogP contribution in [0, 0.1) is 5.92 Å². The lowest BCUT2D eigenvalue weighted by atomic mass is 10.0. The van der Waals surface area contributed by atoms with Crippen LogP contribution in [0.2, 0.25) is 0 Å². The lowest BCUT2D eigenvalue weighted by Gasteiger charge is -2.20. The van der Waals surface area contributed by atoms with Crippen molar-refractivity contribution in [2.24, 2.45) is 5.92 Å². The van der Waals surface area contributed by atoms with Gasteiger partial charge in [0.15, 0.2) is 0 Å². The Morgan fingerprint density at radius 1 is 1.20 bits per heavy atom. The molecule has 0 aliphatic rings. The molecular formula is C12H24N2O5S. The molecule has 0 rings (SSSR count). The number of aliphatic carboxylic acids is 1. The molecule has 0 aromatic heterocycles. The molecule has 20 heavy (non-hydrogen) atoms. The van der Waals surface area contributed by atoms with Crippen LogP contribution in [0.3, 0.4) is 0 Å². The minimum atomic E-state index is -3.69. The van der Waals surface area contributed by atoms with Gasteiger partial charge in [-0.15, -0.1) is 0 Å². The predicted octanol–water partition coefficient (Wildman–Crippen LogP) is 0.274. The van der Waals surface area contributed by atoms with Crippen LogP contribution >= 0.6 is 0 Å². The van der Waals surface area contributed by atoms with E-state index in [-0.39, 0.29) is 25.4 Å². The number of nitrogens with zero attached hydrogens (tertiary/aromatic N) is 1. The number of carboxylic acids is 1. The van der Waals surface area contributed by atoms with Crippen molar-refractivity contribution in [3.05, 3.63) is 0 Å². The van der Waals surface area contributed by atoms with Crippen molar-refractivity contribution in [1.29, 1.82) is 0 Å². The van der Waals surface area contributed by atoms with Gasteiger partial charge in [0.05, 0.1) is 0 Å². The molecule has 2 N–H and O–H groups in total. The highest BCUT2D eigenvalue weighted by Gasteiger charge is 2.26. The van der Waals surface area contributed by atoms with Crippen LogP contribution in [0.1, 0.15) is 34.1 Å². The van der Waals surface area contributed by atoms with Crippen LogP contribution in [-0.2, 0) is 19.6 Å². The molecule has 0 spiro atoms. The molecule has 0 heterocycles. The van der Waals surface area contributed by atoms with Crippen molar-refractivity contribution in [3.63, 3.8) is 0 Å². The van der Waals surface area contributed by atoms with Crippen molar-refractivity contribution in [2.45, 2.75) is 40.2 Å². The first kappa shape index (κ1) is 18.9. The fourth-order valence-electron chi connectivity index (χ4n) is 1.80. The Bertz CT molecular complexity index is 429. The van der Waals surface area contributed by atoms with Crippen molar-refractivity contribution >= 4 is 21.9 Å². The standard InChI is InChI=1S/C12H24N2O5S/c1-5-14(6-2)20(18,19)8-11(15)13-10(12(16)17)7-9(3)4/h9-10H,5-8H2,1-4H3,(H,13,15)(H,16,17). The number of amides is 1. The predicted molar refractivity (Wildman–Crippen MR) is 75.7 cm³/mol. The summed E-state index contributed by atoms with van der Waals surface area (Å²) in [6.07, 6.45) is 0.256. The fourth-order valence-corrected chi connectivity index (χ4v) is 3.19. The van der Waals surface area contributed by atoms with Gasteiger partial charge < -0.3 is 10.4 Å². The number of hydrogen-bond donors (Lipinski definition) is 2. The molecule has 8 heteroatoms. The first-order chi connectivity index (χ1) is 9.13. The zero-order valence-electron chi connectivity index (χ0n) is 12.4. The second-order valence-electron chi connectivity index (χ2n) is 4.93. The summed E-state index contributed by atoms with van der Waals surface area (Å²) in [5.41, 5.74) is 0. The van der Waals surface area contributed by atoms with E-state index in [0.29, 0.717) is 0 Å². The molecule has 0 aromatic carbocycles. The van der Waals surface area contributed by atoms with Crippen molar-refractivity contribution in [3.8, 4) is 0 Å². The smallest absolute Gasteiger partial charge is 0.326 e. The largest absolute Gasteiger partial charge is 0.480 e. The molecule has 1 amide bonds. The van der Waals surface area contributed by atoms with Crippen LogP contribution in [0.4, 0.5) is 0 Å². The highest BCUT2D eigenvalue weighted by Crippen LogP contribution is 2.06. The van der Waals surface area contributed by atoms with E-state index < -0.39 is 33.7 Å². The van der Waals surface area contributed by atoms with Crippen molar-refractivity contribution in [2.75, 3.05) is 18.8 Å². The molecule has 0 saturated heterocycles. The fraction of sp³-hybridized carbons (Fsp3) is 0.833. The van der Waals surface area contributed by atoms with E-state index in [1.54, 1.807) is 13.8 Å². The van der Waals surface area contributed by atoms with Crippen LogP contribution in [0.25, 0.3) is 0 Å². The van der Waals surface area contributed by atoms with Gasteiger partial charge in [-0.05, 0) is 12.3 Å². The van der Waals surface area contributed by atoms with Gasteiger partial charge in [0.1, 0.15) is 11.8 Å². The number of hydrogen-bond acceptors (Lipinski definition) is 4. The van der Waals surface area contributed by atoms with E-state index in [2.05, 4.69) is 5.32 Å². The SMILES string of the molecule is CCN(CC)S(=O)(=O)CC(=O)NC(CC(C)C)C(=O)O. The van der Waals surface area contributed by atoms with E-state index in [0.717, 1.165) is 0 Å². The first-order valence-electron chi connectivity index (χ1n) is 6.64. The highest BCUT2D eigenvalue weighted by molar-refractivity contribution is 7.89. The third-order valence-corrected chi connectivity index (χ3v) is 4.68. The van der Waals surface area contributed by atoms with Crippen molar-refractivity contribution < 1.29 is 23.1 Å². The molecule has 1 atom stereocenters. The number of carbonyl (C=O) groups excluding carboxylic acids is 1. The number of carbonyl (C=O) groups is 2. The van der Waals surface area contributed by atoms with Crippen LogP contribution in [-0.4, -0.2) is 54.6 Å². The summed E-state index contributed by atoms with van der Waals surface area (Å²) in [5, 5.41) is 11.3. The van der Waals surface area contributed by atoms with Gasteiger partial charge in [0.2, 0.25) is 15.9 Å². The normalized spacial score (nSPS) is 13.5. The molecule has 0 fully saturated rings. The second kappa shape index (κ2) is 8.21. The third kappa shape index (κ3) is 6.33.